The van der Waals surface area contributed by atoms with E-state index in [2.05, 4.69) is 15.3 Å². The fourth-order valence-corrected chi connectivity index (χ4v) is 2.23. The van der Waals surface area contributed by atoms with E-state index in [1.807, 2.05) is 20.2 Å². The van der Waals surface area contributed by atoms with E-state index >= 15 is 0 Å². The fraction of sp³-hybridized carbons (Fsp3) is 0.727. The fourth-order valence-electron chi connectivity index (χ4n) is 1.40. The van der Waals surface area contributed by atoms with Gasteiger partial charge in [0.1, 0.15) is 0 Å². The van der Waals surface area contributed by atoms with Crippen LogP contribution in [0.2, 0.25) is 0 Å². The molecule has 3 N–H and O–H groups in total. The van der Waals surface area contributed by atoms with Gasteiger partial charge >= 0.3 is 0 Å². The van der Waals surface area contributed by atoms with Crippen molar-refractivity contribution < 1.29 is 5.11 Å². The van der Waals surface area contributed by atoms with Crippen molar-refractivity contribution in [3.8, 4) is 0 Å². The van der Waals surface area contributed by atoms with Crippen LogP contribution in [0.25, 0.3) is 0 Å². The molecule has 0 aromatic carbocycles. The average molecular weight is 243 g/mol. The molecule has 0 aliphatic rings. The zero-order valence-corrected chi connectivity index (χ0v) is 10.8. The van der Waals surface area contributed by atoms with E-state index in [1.54, 1.807) is 18.0 Å². The highest BCUT2D eigenvalue weighted by Gasteiger charge is 2.19. The minimum Gasteiger partial charge on any atom is -0.394 e. The number of imidazole rings is 1. The summed E-state index contributed by atoms with van der Waals surface area (Å²) in [6, 6.07) is 0. The standard InChI is InChI=1S/C11H21N3OS/c1-11(9-15,12-2)5-3-4-8-16-10-13-6-7-14-10/h6-7,12,15H,3-5,8-9H2,1-2H3,(H,13,14). The van der Waals surface area contributed by atoms with Gasteiger partial charge in [0.25, 0.3) is 0 Å². The minimum atomic E-state index is -0.130. The highest BCUT2D eigenvalue weighted by atomic mass is 32.2. The second kappa shape index (κ2) is 6.93. The number of likely N-dealkylation sites (N-methyl/N-ethyl adjacent to an activating group) is 1. The summed E-state index contributed by atoms with van der Waals surface area (Å²) in [7, 11) is 1.90. The molecule has 1 unspecified atom stereocenters. The minimum absolute atomic E-state index is 0.130. The molecule has 0 bridgehead atoms. The van der Waals surface area contributed by atoms with Crippen molar-refractivity contribution in [2.24, 2.45) is 0 Å². The molecule has 16 heavy (non-hydrogen) atoms. The highest BCUT2D eigenvalue weighted by Crippen LogP contribution is 2.17. The third-order valence-corrected chi connectivity index (χ3v) is 3.78. The van der Waals surface area contributed by atoms with Crippen molar-refractivity contribution in [1.82, 2.24) is 15.3 Å². The van der Waals surface area contributed by atoms with E-state index in [-0.39, 0.29) is 12.1 Å². The summed E-state index contributed by atoms with van der Waals surface area (Å²) < 4.78 is 0. The Kier molecular flexibility index (Phi) is 5.87. The first-order valence-electron chi connectivity index (χ1n) is 5.62. The first-order chi connectivity index (χ1) is 7.70. The lowest BCUT2D eigenvalue weighted by molar-refractivity contribution is 0.171. The van der Waals surface area contributed by atoms with Crippen molar-refractivity contribution in [2.45, 2.75) is 36.9 Å². The number of nitrogens with one attached hydrogen (secondary N) is 2. The smallest absolute Gasteiger partial charge is 0.165 e. The van der Waals surface area contributed by atoms with Gasteiger partial charge < -0.3 is 15.4 Å². The molecule has 0 aliphatic heterocycles. The van der Waals surface area contributed by atoms with Crippen LogP contribution in [0.5, 0.6) is 0 Å². The predicted octanol–water partition coefficient (Wildman–Crippen LogP) is 1.64. The maximum absolute atomic E-state index is 9.21. The summed E-state index contributed by atoms with van der Waals surface area (Å²) in [4.78, 5) is 7.22. The lowest BCUT2D eigenvalue weighted by Crippen LogP contribution is -2.43. The summed E-state index contributed by atoms with van der Waals surface area (Å²) >= 11 is 1.74. The van der Waals surface area contributed by atoms with Crippen LogP contribution in [0.4, 0.5) is 0 Å². The number of aromatic amines is 1. The van der Waals surface area contributed by atoms with Gasteiger partial charge in [-0.1, -0.05) is 18.2 Å². The van der Waals surface area contributed by atoms with E-state index < -0.39 is 0 Å². The molecule has 1 rings (SSSR count). The van der Waals surface area contributed by atoms with Crippen LogP contribution in [0.3, 0.4) is 0 Å². The van der Waals surface area contributed by atoms with Gasteiger partial charge in [-0.05, 0) is 26.8 Å². The zero-order valence-electron chi connectivity index (χ0n) is 9.99. The van der Waals surface area contributed by atoms with Crippen molar-refractivity contribution in [3.63, 3.8) is 0 Å². The molecule has 0 spiro atoms. The number of hydrogen-bond donors (Lipinski definition) is 3. The summed E-state index contributed by atoms with van der Waals surface area (Å²) in [5.41, 5.74) is -0.130. The number of hydrogen-bond acceptors (Lipinski definition) is 4. The molecule has 0 aliphatic carbocycles. The van der Waals surface area contributed by atoms with Crippen molar-refractivity contribution >= 4 is 11.8 Å². The van der Waals surface area contributed by atoms with E-state index in [4.69, 9.17) is 0 Å². The zero-order chi connectivity index (χ0) is 11.9. The summed E-state index contributed by atoms with van der Waals surface area (Å²) in [6.07, 6.45) is 6.87. The van der Waals surface area contributed by atoms with Crippen LogP contribution in [0.1, 0.15) is 26.2 Å². The van der Waals surface area contributed by atoms with E-state index in [0.717, 1.165) is 30.2 Å². The van der Waals surface area contributed by atoms with Gasteiger partial charge in [0.2, 0.25) is 0 Å². The van der Waals surface area contributed by atoms with Gasteiger partial charge in [-0.25, -0.2) is 4.98 Å². The SMILES string of the molecule is CNC(C)(CO)CCCCSc1ncc[nH]1. The highest BCUT2D eigenvalue weighted by molar-refractivity contribution is 7.99. The van der Waals surface area contributed by atoms with Gasteiger partial charge in [0.15, 0.2) is 5.16 Å². The van der Waals surface area contributed by atoms with Crippen LogP contribution in [0, 0.1) is 0 Å². The molecule has 1 aromatic rings. The normalized spacial score (nSPS) is 14.9. The molecule has 0 fully saturated rings. The number of aliphatic hydroxyl groups is 1. The van der Waals surface area contributed by atoms with Gasteiger partial charge in [-0.2, -0.15) is 0 Å². The van der Waals surface area contributed by atoms with E-state index in [0.29, 0.717) is 0 Å². The molecular formula is C11H21N3OS. The topological polar surface area (TPSA) is 60.9 Å². The van der Waals surface area contributed by atoms with Crippen molar-refractivity contribution in [2.75, 3.05) is 19.4 Å². The van der Waals surface area contributed by atoms with Crippen molar-refractivity contribution in [3.05, 3.63) is 12.4 Å². The monoisotopic (exact) mass is 243 g/mol. The average Bonchev–Trinajstić information content (AvgIpc) is 2.81. The molecule has 4 nitrogen and oxygen atoms in total. The quantitative estimate of drug-likeness (QED) is 0.480. The Morgan fingerprint density at radius 2 is 2.38 bits per heavy atom. The van der Waals surface area contributed by atoms with Gasteiger partial charge in [-0.15, -0.1) is 0 Å². The van der Waals surface area contributed by atoms with Crippen molar-refractivity contribution in [1.29, 1.82) is 0 Å². The molecule has 1 heterocycles. The van der Waals surface area contributed by atoms with E-state index in [9.17, 15) is 5.11 Å². The second-order valence-electron chi connectivity index (χ2n) is 4.17. The number of thioether (sulfide) groups is 1. The van der Waals surface area contributed by atoms with Gasteiger partial charge in [-0.3, -0.25) is 0 Å². The molecule has 1 atom stereocenters. The lowest BCUT2D eigenvalue weighted by Gasteiger charge is -2.26. The van der Waals surface area contributed by atoms with Crippen LogP contribution in [-0.2, 0) is 0 Å². The molecule has 0 amide bonds. The number of aromatic nitrogens is 2. The third kappa shape index (κ3) is 4.55. The van der Waals surface area contributed by atoms with Crippen LogP contribution >= 0.6 is 11.8 Å². The lowest BCUT2D eigenvalue weighted by atomic mass is 9.96. The Labute approximate surface area is 101 Å². The number of rotatable bonds is 8. The molecule has 0 saturated heterocycles. The molecule has 0 saturated carbocycles. The van der Waals surface area contributed by atoms with Gasteiger partial charge in [0.05, 0.1) is 6.61 Å². The third-order valence-electron chi connectivity index (χ3n) is 2.79. The number of aliphatic hydroxyl groups excluding tert-OH is 1. The van der Waals surface area contributed by atoms with E-state index in [1.165, 1.54) is 0 Å². The summed E-state index contributed by atoms with van der Waals surface area (Å²) in [5.74, 6) is 1.07. The molecule has 5 heteroatoms. The second-order valence-corrected chi connectivity index (χ2v) is 5.25. The number of nitrogens with zero attached hydrogens (tertiary/aromatic N) is 1. The Balaban J connectivity index is 2.08. The molecule has 0 radical (unpaired) electrons. The first kappa shape index (κ1) is 13.5. The van der Waals surface area contributed by atoms with Gasteiger partial charge in [0, 0.05) is 23.7 Å². The Morgan fingerprint density at radius 3 is 2.94 bits per heavy atom. The maximum atomic E-state index is 9.21. The summed E-state index contributed by atoms with van der Waals surface area (Å²) in [5, 5.41) is 13.4. The number of H-pyrrole nitrogens is 1. The molecular weight excluding hydrogens is 222 g/mol. The largest absolute Gasteiger partial charge is 0.394 e. The Morgan fingerprint density at radius 1 is 1.56 bits per heavy atom. The maximum Gasteiger partial charge on any atom is 0.165 e. The molecule has 92 valence electrons. The molecule has 1 aromatic heterocycles. The van der Waals surface area contributed by atoms with Crippen LogP contribution in [0.15, 0.2) is 17.6 Å². The Bertz CT molecular complexity index is 273. The predicted molar refractivity (Wildman–Crippen MR) is 67.7 cm³/mol. The summed E-state index contributed by atoms with van der Waals surface area (Å²) in [6.45, 7) is 2.24. The first-order valence-corrected chi connectivity index (χ1v) is 6.61. The number of unbranched alkanes of at least 4 members (excludes halogenated alkanes) is 1. The van der Waals surface area contributed by atoms with Crippen LogP contribution < -0.4 is 5.32 Å². The van der Waals surface area contributed by atoms with Crippen LogP contribution in [-0.4, -0.2) is 40.0 Å². The Hall–Kier alpha value is -0.520.